The van der Waals surface area contributed by atoms with Crippen LogP contribution in [0.25, 0.3) is 0 Å². The largest absolute Gasteiger partial charge is 0.370 e. The Labute approximate surface area is 76.1 Å². The summed E-state index contributed by atoms with van der Waals surface area (Å²) in [6.07, 6.45) is 4.78. The fourth-order valence-electron chi connectivity index (χ4n) is 1.01. The Balaban J connectivity index is 3.82. The molecule has 12 heavy (non-hydrogen) atoms. The predicted molar refractivity (Wildman–Crippen MR) is 54.2 cm³/mol. The number of hydrogen-bond donors (Lipinski definition) is 0. The van der Waals surface area contributed by atoms with Gasteiger partial charge in [-0.25, -0.2) is 0 Å². The Bertz CT molecular complexity index is 142. The van der Waals surface area contributed by atoms with Crippen LogP contribution >= 0.6 is 0 Å². The molecule has 1 atom stereocenters. The van der Waals surface area contributed by atoms with Crippen molar-refractivity contribution in [1.82, 2.24) is 0 Å². The number of hydrogen-bond acceptors (Lipinski definition) is 1. The van der Waals surface area contributed by atoms with Crippen molar-refractivity contribution < 1.29 is 4.74 Å². The first-order valence-corrected chi connectivity index (χ1v) is 4.34. The first kappa shape index (κ1) is 11.4. The maximum atomic E-state index is 5.48. The summed E-state index contributed by atoms with van der Waals surface area (Å²) in [6, 6.07) is 0. The molecule has 1 nitrogen and oxygen atoms in total. The second-order valence-electron chi connectivity index (χ2n) is 4.16. The Morgan fingerprint density at radius 1 is 1.33 bits per heavy atom. The Kier molecular flexibility index (Phi) is 4.91. The molecule has 0 amide bonds. The second-order valence-corrected chi connectivity index (χ2v) is 4.16. The molecule has 0 saturated carbocycles. The molecule has 0 rings (SSSR count). The lowest BCUT2D eigenvalue weighted by Crippen LogP contribution is -2.18. The van der Waals surface area contributed by atoms with Gasteiger partial charge in [-0.3, -0.25) is 0 Å². The van der Waals surface area contributed by atoms with Crippen molar-refractivity contribution in [2.75, 3.05) is 6.61 Å². The van der Waals surface area contributed by atoms with Crippen molar-refractivity contribution in [3.63, 3.8) is 0 Å². The molecule has 0 spiro atoms. The smallest absolute Gasteiger partial charge is 0.0762 e. The summed E-state index contributed by atoms with van der Waals surface area (Å²) in [4.78, 5) is 0. The third kappa shape index (κ3) is 6.17. The molecule has 0 aromatic heterocycles. The van der Waals surface area contributed by atoms with Gasteiger partial charge in [0.1, 0.15) is 0 Å². The average molecular weight is 168 g/mol. The monoisotopic (exact) mass is 168 g/mol. The van der Waals surface area contributed by atoms with Crippen LogP contribution in [0.15, 0.2) is 25.3 Å². The lowest BCUT2D eigenvalue weighted by Gasteiger charge is -2.23. The number of ether oxygens (including phenoxy) is 1. The van der Waals surface area contributed by atoms with Crippen LogP contribution in [0.4, 0.5) is 0 Å². The third-order valence-electron chi connectivity index (χ3n) is 1.50. The van der Waals surface area contributed by atoms with Crippen LogP contribution in [-0.4, -0.2) is 12.7 Å². The normalized spacial score (nSPS) is 13.9. The first-order valence-electron chi connectivity index (χ1n) is 4.34. The van der Waals surface area contributed by atoms with Crippen LogP contribution in [0.5, 0.6) is 0 Å². The zero-order valence-corrected chi connectivity index (χ0v) is 8.47. The Morgan fingerprint density at radius 3 is 2.25 bits per heavy atom. The van der Waals surface area contributed by atoms with Gasteiger partial charge in [0.15, 0.2) is 0 Å². The molecule has 0 aliphatic carbocycles. The van der Waals surface area contributed by atoms with Crippen LogP contribution in [-0.2, 0) is 4.74 Å². The highest BCUT2D eigenvalue weighted by molar-refractivity contribution is 4.84. The SMILES string of the molecule is C=CCOC(C=C)CC(C)(C)C. The average Bonchev–Trinajstić information content (AvgIpc) is 1.95. The van der Waals surface area contributed by atoms with E-state index in [1.165, 1.54) is 0 Å². The van der Waals surface area contributed by atoms with Crippen LogP contribution in [0.1, 0.15) is 27.2 Å². The Morgan fingerprint density at radius 2 is 1.92 bits per heavy atom. The van der Waals surface area contributed by atoms with Gasteiger partial charge in [0, 0.05) is 0 Å². The van der Waals surface area contributed by atoms with Crippen molar-refractivity contribution in [2.45, 2.75) is 33.3 Å². The molecule has 0 aromatic rings. The molecule has 0 aliphatic rings. The van der Waals surface area contributed by atoms with Gasteiger partial charge in [-0.2, -0.15) is 0 Å². The minimum Gasteiger partial charge on any atom is -0.370 e. The zero-order valence-electron chi connectivity index (χ0n) is 8.47. The van der Waals surface area contributed by atoms with Gasteiger partial charge in [0.25, 0.3) is 0 Å². The van der Waals surface area contributed by atoms with Gasteiger partial charge < -0.3 is 4.74 Å². The van der Waals surface area contributed by atoms with Gasteiger partial charge in [-0.15, -0.1) is 13.2 Å². The maximum absolute atomic E-state index is 5.48. The third-order valence-corrected chi connectivity index (χ3v) is 1.50. The van der Waals surface area contributed by atoms with E-state index >= 15 is 0 Å². The molecular formula is C11H20O. The maximum Gasteiger partial charge on any atom is 0.0762 e. The van der Waals surface area contributed by atoms with E-state index in [1.807, 2.05) is 6.08 Å². The summed E-state index contributed by atoms with van der Waals surface area (Å²) in [5.74, 6) is 0. The minimum absolute atomic E-state index is 0.156. The molecule has 0 aliphatic heterocycles. The minimum atomic E-state index is 0.156. The van der Waals surface area contributed by atoms with Gasteiger partial charge >= 0.3 is 0 Å². The molecule has 1 heteroatoms. The molecule has 0 fully saturated rings. The second kappa shape index (κ2) is 5.15. The molecule has 0 radical (unpaired) electrons. The highest BCUT2D eigenvalue weighted by Gasteiger charge is 2.16. The van der Waals surface area contributed by atoms with E-state index in [1.54, 1.807) is 6.08 Å². The fourth-order valence-corrected chi connectivity index (χ4v) is 1.01. The standard InChI is InChI=1S/C11H20O/c1-6-8-12-10(7-2)9-11(3,4)5/h6-7,10H,1-2,8-9H2,3-5H3. The summed E-state index contributed by atoms with van der Waals surface area (Å²) in [6.45, 7) is 14.5. The van der Waals surface area contributed by atoms with Crippen molar-refractivity contribution in [1.29, 1.82) is 0 Å². The van der Waals surface area contributed by atoms with Crippen molar-refractivity contribution in [3.8, 4) is 0 Å². The summed E-state index contributed by atoms with van der Waals surface area (Å²) in [7, 11) is 0. The molecule has 0 aromatic carbocycles. The first-order chi connectivity index (χ1) is 5.49. The molecular weight excluding hydrogens is 148 g/mol. The van der Waals surface area contributed by atoms with Gasteiger partial charge in [-0.1, -0.05) is 32.9 Å². The Hall–Kier alpha value is -0.560. The summed E-state index contributed by atoms with van der Waals surface area (Å²) >= 11 is 0. The van der Waals surface area contributed by atoms with E-state index < -0.39 is 0 Å². The van der Waals surface area contributed by atoms with Crippen molar-refractivity contribution in [3.05, 3.63) is 25.3 Å². The van der Waals surface area contributed by atoms with E-state index in [-0.39, 0.29) is 6.10 Å². The lowest BCUT2D eigenvalue weighted by atomic mass is 9.89. The highest BCUT2D eigenvalue weighted by Crippen LogP contribution is 2.22. The van der Waals surface area contributed by atoms with Gasteiger partial charge in [0.2, 0.25) is 0 Å². The van der Waals surface area contributed by atoms with E-state index in [2.05, 4.69) is 33.9 Å². The predicted octanol–water partition coefficient (Wildman–Crippen LogP) is 3.18. The molecule has 0 heterocycles. The highest BCUT2D eigenvalue weighted by atomic mass is 16.5. The van der Waals surface area contributed by atoms with Gasteiger partial charge in [-0.05, 0) is 11.8 Å². The van der Waals surface area contributed by atoms with Crippen LogP contribution < -0.4 is 0 Å². The quantitative estimate of drug-likeness (QED) is 0.573. The fraction of sp³-hybridized carbons (Fsp3) is 0.636. The van der Waals surface area contributed by atoms with Crippen LogP contribution in [0.2, 0.25) is 0 Å². The zero-order chi connectivity index (χ0) is 9.61. The van der Waals surface area contributed by atoms with E-state index in [0.29, 0.717) is 12.0 Å². The molecule has 0 saturated heterocycles. The van der Waals surface area contributed by atoms with Gasteiger partial charge in [0.05, 0.1) is 12.7 Å². The number of rotatable bonds is 5. The van der Waals surface area contributed by atoms with E-state index in [9.17, 15) is 0 Å². The van der Waals surface area contributed by atoms with Crippen molar-refractivity contribution >= 4 is 0 Å². The van der Waals surface area contributed by atoms with Crippen molar-refractivity contribution in [2.24, 2.45) is 5.41 Å². The molecule has 0 N–H and O–H groups in total. The van der Waals surface area contributed by atoms with E-state index in [4.69, 9.17) is 4.74 Å². The molecule has 70 valence electrons. The molecule has 1 unspecified atom stereocenters. The van der Waals surface area contributed by atoms with Crippen LogP contribution in [0.3, 0.4) is 0 Å². The lowest BCUT2D eigenvalue weighted by molar-refractivity contribution is 0.0766. The topological polar surface area (TPSA) is 9.23 Å². The summed E-state index contributed by atoms with van der Waals surface area (Å²) in [5, 5.41) is 0. The summed E-state index contributed by atoms with van der Waals surface area (Å²) < 4.78 is 5.48. The summed E-state index contributed by atoms with van der Waals surface area (Å²) in [5.41, 5.74) is 0.292. The van der Waals surface area contributed by atoms with E-state index in [0.717, 1.165) is 6.42 Å². The van der Waals surface area contributed by atoms with Crippen LogP contribution in [0, 0.1) is 5.41 Å². The molecule has 0 bridgehead atoms.